The van der Waals surface area contributed by atoms with Crippen LogP contribution in [0.2, 0.25) is 0 Å². The van der Waals surface area contributed by atoms with Crippen LogP contribution in [0, 0.1) is 0 Å². The molecule has 2 aliphatic rings. The number of carbonyl (C=O) groups excluding carboxylic acids is 1. The van der Waals surface area contributed by atoms with Gasteiger partial charge in [0, 0.05) is 10.0 Å². The Kier molecular flexibility index (Phi) is 3.55. The van der Waals surface area contributed by atoms with Crippen LogP contribution >= 0.6 is 15.9 Å². The summed E-state index contributed by atoms with van der Waals surface area (Å²) >= 11 is 3.52. The van der Waals surface area contributed by atoms with Gasteiger partial charge in [-0.1, -0.05) is 52.3 Å². The molecular weight excluding hydrogens is 352 g/mol. The van der Waals surface area contributed by atoms with Crippen molar-refractivity contribution in [3.05, 3.63) is 80.3 Å². The van der Waals surface area contributed by atoms with Crippen molar-refractivity contribution in [1.82, 2.24) is 0 Å². The zero-order valence-corrected chi connectivity index (χ0v) is 14.1. The predicted octanol–water partition coefficient (Wildman–Crippen LogP) is 3.96. The molecule has 0 saturated carbocycles. The molecule has 0 fully saturated rings. The molecule has 0 aromatic heterocycles. The highest BCUT2D eigenvalue weighted by molar-refractivity contribution is 9.10. The van der Waals surface area contributed by atoms with E-state index in [9.17, 15) is 9.90 Å². The van der Waals surface area contributed by atoms with Gasteiger partial charge in [-0.25, -0.2) is 0 Å². The van der Waals surface area contributed by atoms with Gasteiger partial charge in [0.25, 0.3) is 0 Å². The lowest BCUT2D eigenvalue weighted by atomic mass is 9.96. The number of aliphatic hydroxyl groups excluding tert-OH is 1. The van der Waals surface area contributed by atoms with E-state index < -0.39 is 6.61 Å². The first kappa shape index (κ1) is 14.6. The van der Waals surface area contributed by atoms with Crippen molar-refractivity contribution in [2.75, 3.05) is 6.61 Å². The maximum atomic E-state index is 12.3. The van der Waals surface area contributed by atoms with Crippen molar-refractivity contribution in [2.45, 2.75) is 12.8 Å². The summed E-state index contributed by atoms with van der Waals surface area (Å²) in [7, 11) is 0. The van der Waals surface area contributed by atoms with Gasteiger partial charge in [0.15, 0.2) is 5.78 Å². The molecule has 3 heteroatoms. The number of allylic oxidation sites excluding steroid dienone is 2. The van der Waals surface area contributed by atoms with E-state index in [4.69, 9.17) is 0 Å². The van der Waals surface area contributed by atoms with Gasteiger partial charge < -0.3 is 5.11 Å². The normalized spacial score (nSPS) is 15.5. The van der Waals surface area contributed by atoms with Crippen LogP contribution in [0.3, 0.4) is 0 Å². The molecule has 2 aromatic rings. The van der Waals surface area contributed by atoms with Gasteiger partial charge in [-0.2, -0.15) is 0 Å². The van der Waals surface area contributed by atoms with Gasteiger partial charge >= 0.3 is 0 Å². The summed E-state index contributed by atoms with van der Waals surface area (Å²) in [5, 5.41) is 9.38. The number of hydrogen-bond donors (Lipinski definition) is 1. The van der Waals surface area contributed by atoms with E-state index in [1.54, 1.807) is 0 Å². The van der Waals surface area contributed by atoms with Crippen LogP contribution in [0.5, 0.6) is 0 Å². The molecule has 0 heterocycles. The number of fused-ring (bicyclic) bond motifs is 2. The highest BCUT2D eigenvalue weighted by Crippen LogP contribution is 2.41. The topological polar surface area (TPSA) is 37.3 Å². The molecule has 23 heavy (non-hydrogen) atoms. The lowest BCUT2D eigenvalue weighted by Gasteiger charge is -2.07. The third kappa shape index (κ3) is 2.41. The molecule has 0 radical (unpaired) electrons. The number of benzene rings is 2. The van der Waals surface area contributed by atoms with Gasteiger partial charge in [-0.15, -0.1) is 0 Å². The molecule has 2 aromatic carbocycles. The first-order valence-corrected chi connectivity index (χ1v) is 8.41. The summed E-state index contributed by atoms with van der Waals surface area (Å²) in [4.78, 5) is 12.3. The van der Waals surface area contributed by atoms with E-state index >= 15 is 0 Å². The Labute approximate surface area is 143 Å². The number of rotatable bonds is 3. The summed E-state index contributed by atoms with van der Waals surface area (Å²) < 4.78 is 1.07. The Morgan fingerprint density at radius 1 is 1.09 bits per heavy atom. The summed E-state index contributed by atoms with van der Waals surface area (Å²) in [5.74, 6) is -0.192. The number of halogens is 1. The quantitative estimate of drug-likeness (QED) is 0.892. The molecule has 1 N–H and O–H groups in total. The number of Topliss-reactive ketones (excluding diaryl/α,β-unsaturated/α-hetero) is 1. The number of ketones is 1. The van der Waals surface area contributed by atoms with E-state index in [1.807, 2.05) is 24.3 Å². The monoisotopic (exact) mass is 366 g/mol. The minimum Gasteiger partial charge on any atom is -0.388 e. The van der Waals surface area contributed by atoms with Crippen molar-refractivity contribution in [1.29, 1.82) is 0 Å². The fourth-order valence-electron chi connectivity index (χ4n) is 3.54. The second-order valence-electron chi connectivity index (χ2n) is 5.96. The molecule has 0 atom stereocenters. The average molecular weight is 367 g/mol. The van der Waals surface area contributed by atoms with Crippen LogP contribution in [-0.4, -0.2) is 17.5 Å². The molecular formula is C20H15BrO2. The fraction of sp³-hybridized carbons (Fsp3) is 0.150. The Morgan fingerprint density at radius 3 is 2.74 bits per heavy atom. The number of carbonyl (C=O) groups is 1. The van der Waals surface area contributed by atoms with Crippen molar-refractivity contribution < 1.29 is 9.90 Å². The van der Waals surface area contributed by atoms with E-state index in [0.29, 0.717) is 5.57 Å². The summed E-state index contributed by atoms with van der Waals surface area (Å²) in [6, 6.07) is 14.3. The van der Waals surface area contributed by atoms with Crippen molar-refractivity contribution in [3.8, 4) is 0 Å². The second kappa shape index (κ2) is 5.59. The maximum Gasteiger partial charge on any atom is 0.189 e. The SMILES string of the molecule is O=C(CO)C1=C(C2=Cc3ccc(Br)cc3C2)Cc2ccccc21. The summed E-state index contributed by atoms with van der Waals surface area (Å²) in [6.07, 6.45) is 3.77. The van der Waals surface area contributed by atoms with E-state index in [0.717, 1.165) is 34.0 Å². The zero-order valence-electron chi connectivity index (χ0n) is 12.5. The molecule has 0 saturated heterocycles. The lowest BCUT2D eigenvalue weighted by molar-refractivity contribution is -0.116. The third-order valence-electron chi connectivity index (χ3n) is 4.58. The number of hydrogen-bond acceptors (Lipinski definition) is 2. The Balaban J connectivity index is 1.81. The van der Waals surface area contributed by atoms with Crippen LogP contribution in [0.15, 0.2) is 58.1 Å². The minimum atomic E-state index is -0.445. The molecule has 2 aliphatic carbocycles. The lowest BCUT2D eigenvalue weighted by Crippen LogP contribution is -2.08. The highest BCUT2D eigenvalue weighted by atomic mass is 79.9. The Morgan fingerprint density at radius 2 is 1.91 bits per heavy atom. The van der Waals surface area contributed by atoms with Crippen molar-refractivity contribution >= 4 is 33.4 Å². The van der Waals surface area contributed by atoms with Crippen LogP contribution in [0.25, 0.3) is 11.6 Å². The molecule has 0 unspecified atom stereocenters. The average Bonchev–Trinajstić information content (AvgIpc) is 3.14. The van der Waals surface area contributed by atoms with E-state index in [2.05, 4.69) is 40.2 Å². The fourth-order valence-corrected chi connectivity index (χ4v) is 3.95. The van der Waals surface area contributed by atoms with Gasteiger partial charge in [0.2, 0.25) is 0 Å². The summed E-state index contributed by atoms with van der Waals surface area (Å²) in [6.45, 7) is -0.445. The largest absolute Gasteiger partial charge is 0.388 e. The van der Waals surface area contributed by atoms with Gasteiger partial charge in [0.1, 0.15) is 6.61 Å². The molecule has 0 bridgehead atoms. The molecule has 0 spiro atoms. The highest BCUT2D eigenvalue weighted by Gasteiger charge is 2.29. The van der Waals surface area contributed by atoms with Crippen LogP contribution in [-0.2, 0) is 17.6 Å². The van der Waals surface area contributed by atoms with Gasteiger partial charge in [-0.3, -0.25) is 4.79 Å². The first-order valence-electron chi connectivity index (χ1n) is 7.62. The molecule has 0 amide bonds. The van der Waals surface area contributed by atoms with Gasteiger partial charge in [0.05, 0.1) is 0 Å². The van der Waals surface area contributed by atoms with Crippen molar-refractivity contribution in [3.63, 3.8) is 0 Å². The van der Waals surface area contributed by atoms with Crippen molar-refractivity contribution in [2.24, 2.45) is 0 Å². The molecule has 114 valence electrons. The van der Waals surface area contributed by atoms with Crippen LogP contribution in [0.1, 0.15) is 22.3 Å². The first-order chi connectivity index (χ1) is 11.2. The summed E-state index contributed by atoms with van der Waals surface area (Å²) in [5.41, 5.74) is 7.57. The molecule has 4 rings (SSSR count). The third-order valence-corrected chi connectivity index (χ3v) is 5.07. The van der Waals surface area contributed by atoms with Crippen LogP contribution in [0.4, 0.5) is 0 Å². The van der Waals surface area contributed by atoms with E-state index in [1.165, 1.54) is 16.7 Å². The van der Waals surface area contributed by atoms with Crippen LogP contribution < -0.4 is 0 Å². The predicted molar refractivity (Wildman–Crippen MR) is 95.0 cm³/mol. The van der Waals surface area contributed by atoms with E-state index in [-0.39, 0.29) is 5.78 Å². The smallest absolute Gasteiger partial charge is 0.189 e. The Bertz CT molecular complexity index is 890. The molecule has 2 nitrogen and oxygen atoms in total. The zero-order chi connectivity index (χ0) is 16.0. The maximum absolute atomic E-state index is 12.3. The molecule has 0 aliphatic heterocycles. The van der Waals surface area contributed by atoms with Gasteiger partial charge in [-0.05, 0) is 58.4 Å². The minimum absolute atomic E-state index is 0.192. The standard InChI is InChI=1S/C20H15BrO2/c21-16-6-5-12-7-15(8-14(12)9-16)18-10-13-3-1-2-4-17(13)20(18)19(23)11-22/h1-7,9,22H,8,10-11H2. The number of aliphatic hydroxyl groups is 1. The second-order valence-corrected chi connectivity index (χ2v) is 6.87. The Hall–Kier alpha value is -1.97.